The van der Waals surface area contributed by atoms with Crippen LogP contribution in [0.4, 0.5) is 4.39 Å². The number of aromatic hydroxyl groups is 1. The maximum atomic E-state index is 13.8. The molecule has 2 rings (SSSR count). The molecule has 0 bridgehead atoms. The second-order valence-electron chi connectivity index (χ2n) is 5.96. The normalized spacial score (nSPS) is 17.0. The Morgan fingerprint density at radius 2 is 1.95 bits per heavy atom. The first-order valence-electron chi connectivity index (χ1n) is 8.07. The van der Waals surface area contributed by atoms with E-state index in [0.717, 1.165) is 44.6 Å². The van der Waals surface area contributed by atoms with Crippen LogP contribution >= 0.6 is 12.4 Å². The highest BCUT2D eigenvalue weighted by Gasteiger charge is 2.25. The first-order chi connectivity index (χ1) is 10.1. The number of phenols is 1. The number of aryl methyl sites for hydroxylation is 1. The van der Waals surface area contributed by atoms with E-state index in [4.69, 9.17) is 0 Å². The molecule has 0 unspecified atom stereocenters. The van der Waals surface area contributed by atoms with E-state index in [-0.39, 0.29) is 30.0 Å². The van der Waals surface area contributed by atoms with Gasteiger partial charge in [-0.25, -0.2) is 4.39 Å². The summed E-state index contributed by atoms with van der Waals surface area (Å²) in [5.74, 6) is 0.00681. The molecule has 0 saturated carbocycles. The molecule has 1 heterocycles. The molecule has 0 amide bonds. The highest BCUT2D eigenvalue weighted by Crippen LogP contribution is 2.35. The van der Waals surface area contributed by atoms with E-state index in [0.29, 0.717) is 5.56 Å². The molecule has 0 spiro atoms. The van der Waals surface area contributed by atoms with Crippen LogP contribution in [0, 0.1) is 12.7 Å². The van der Waals surface area contributed by atoms with Crippen LogP contribution in [0.15, 0.2) is 12.1 Å². The molecular formula is C17H28ClFN2O. The summed E-state index contributed by atoms with van der Waals surface area (Å²) in [6.07, 6.45) is 4.43. The summed E-state index contributed by atoms with van der Waals surface area (Å²) < 4.78 is 13.8. The molecule has 126 valence electrons. The summed E-state index contributed by atoms with van der Waals surface area (Å²) in [6, 6.07) is 3.04. The summed E-state index contributed by atoms with van der Waals surface area (Å²) >= 11 is 0. The van der Waals surface area contributed by atoms with Gasteiger partial charge in [-0.2, -0.15) is 0 Å². The van der Waals surface area contributed by atoms with Gasteiger partial charge in [0.2, 0.25) is 0 Å². The Labute approximate surface area is 139 Å². The van der Waals surface area contributed by atoms with Gasteiger partial charge in [0.15, 0.2) is 0 Å². The van der Waals surface area contributed by atoms with Crippen LogP contribution in [-0.2, 0) is 0 Å². The van der Waals surface area contributed by atoms with Crippen LogP contribution in [0.3, 0.4) is 0 Å². The van der Waals surface area contributed by atoms with E-state index in [1.807, 2.05) is 0 Å². The van der Waals surface area contributed by atoms with Crippen molar-refractivity contribution in [2.75, 3.05) is 26.2 Å². The Bertz CT molecular complexity index is 464. The van der Waals surface area contributed by atoms with Crippen molar-refractivity contribution in [3.8, 4) is 5.75 Å². The van der Waals surface area contributed by atoms with Gasteiger partial charge < -0.3 is 10.4 Å². The van der Waals surface area contributed by atoms with Gasteiger partial charge in [0.1, 0.15) is 11.6 Å². The number of nitrogens with zero attached hydrogens (tertiary/aromatic N) is 1. The monoisotopic (exact) mass is 330 g/mol. The van der Waals surface area contributed by atoms with E-state index in [2.05, 4.69) is 17.1 Å². The molecule has 1 saturated heterocycles. The van der Waals surface area contributed by atoms with Gasteiger partial charge >= 0.3 is 0 Å². The minimum atomic E-state index is -0.254. The smallest absolute Gasteiger partial charge is 0.124 e. The summed E-state index contributed by atoms with van der Waals surface area (Å²) in [7, 11) is 0. The van der Waals surface area contributed by atoms with Crippen LogP contribution in [-0.4, -0.2) is 36.2 Å². The number of phenolic OH excluding ortho intramolecular Hbond substituents is 1. The van der Waals surface area contributed by atoms with E-state index in [1.54, 1.807) is 6.92 Å². The lowest BCUT2D eigenvalue weighted by Gasteiger charge is -2.36. The van der Waals surface area contributed by atoms with E-state index in [9.17, 15) is 9.50 Å². The van der Waals surface area contributed by atoms with Gasteiger partial charge in [0, 0.05) is 37.8 Å². The Morgan fingerprint density at radius 3 is 2.59 bits per heavy atom. The third-order valence-corrected chi connectivity index (χ3v) is 4.33. The standard InChI is InChI=1S/C17H27FN2O.ClH/c1-3-4-5-6-16(20-9-7-19-8-10-20)15-12-14(18)11-13(2)17(15)21;/h11-12,16,19,21H,3-10H2,1-2H3;1H/t16-;/m1./s1. The van der Waals surface area contributed by atoms with Crippen molar-refractivity contribution in [2.24, 2.45) is 0 Å². The molecule has 1 aliphatic rings. The molecule has 2 N–H and O–H groups in total. The SMILES string of the molecule is CCCCC[C@H](c1cc(F)cc(C)c1O)N1CCNCC1.Cl. The quantitative estimate of drug-likeness (QED) is 0.779. The van der Waals surface area contributed by atoms with Crippen LogP contribution in [0.2, 0.25) is 0 Å². The fourth-order valence-electron chi connectivity index (χ4n) is 3.13. The minimum Gasteiger partial charge on any atom is -0.507 e. The number of piperazine rings is 1. The number of benzene rings is 1. The average Bonchev–Trinajstić information content (AvgIpc) is 2.49. The Hall–Kier alpha value is -0.840. The van der Waals surface area contributed by atoms with Crippen molar-refractivity contribution in [2.45, 2.75) is 45.6 Å². The third-order valence-electron chi connectivity index (χ3n) is 4.33. The molecule has 0 aromatic heterocycles. The second kappa shape index (κ2) is 9.33. The Kier molecular flexibility index (Phi) is 8.15. The van der Waals surface area contributed by atoms with Crippen molar-refractivity contribution < 1.29 is 9.50 Å². The lowest BCUT2D eigenvalue weighted by molar-refractivity contribution is 0.160. The van der Waals surface area contributed by atoms with Crippen molar-refractivity contribution in [1.29, 1.82) is 0 Å². The summed E-state index contributed by atoms with van der Waals surface area (Å²) in [5.41, 5.74) is 1.38. The molecule has 1 aromatic rings. The Morgan fingerprint density at radius 1 is 1.27 bits per heavy atom. The van der Waals surface area contributed by atoms with Gasteiger partial charge in [-0.3, -0.25) is 4.90 Å². The highest BCUT2D eigenvalue weighted by molar-refractivity contribution is 5.85. The molecule has 1 aromatic carbocycles. The molecule has 0 aliphatic carbocycles. The number of halogens is 2. The van der Waals surface area contributed by atoms with Crippen LogP contribution in [0.25, 0.3) is 0 Å². The Balaban J connectivity index is 0.00000242. The third kappa shape index (κ3) is 4.83. The fourth-order valence-corrected chi connectivity index (χ4v) is 3.13. The molecule has 5 heteroatoms. The number of rotatable bonds is 6. The van der Waals surface area contributed by atoms with Gasteiger partial charge in [-0.1, -0.05) is 26.2 Å². The van der Waals surface area contributed by atoms with Gasteiger partial charge in [-0.05, 0) is 31.0 Å². The number of hydrogen-bond donors (Lipinski definition) is 2. The number of hydrogen-bond acceptors (Lipinski definition) is 3. The average molecular weight is 331 g/mol. The fraction of sp³-hybridized carbons (Fsp3) is 0.647. The topological polar surface area (TPSA) is 35.5 Å². The van der Waals surface area contributed by atoms with Crippen LogP contribution in [0.1, 0.15) is 49.8 Å². The van der Waals surface area contributed by atoms with Gasteiger partial charge in [0.25, 0.3) is 0 Å². The van der Waals surface area contributed by atoms with Crippen LogP contribution in [0.5, 0.6) is 5.75 Å². The van der Waals surface area contributed by atoms with Gasteiger partial charge in [0.05, 0.1) is 0 Å². The molecule has 1 atom stereocenters. The van der Waals surface area contributed by atoms with E-state index in [1.165, 1.54) is 25.0 Å². The molecule has 22 heavy (non-hydrogen) atoms. The maximum Gasteiger partial charge on any atom is 0.124 e. The predicted octanol–water partition coefficient (Wildman–Crippen LogP) is 3.79. The number of unbranched alkanes of at least 4 members (excludes halogenated alkanes) is 2. The summed E-state index contributed by atoms with van der Waals surface area (Å²) in [6.45, 7) is 7.77. The molecule has 0 radical (unpaired) electrons. The number of nitrogens with one attached hydrogen (secondary N) is 1. The van der Waals surface area contributed by atoms with E-state index < -0.39 is 0 Å². The largest absolute Gasteiger partial charge is 0.507 e. The van der Waals surface area contributed by atoms with Crippen molar-refractivity contribution in [3.05, 3.63) is 29.1 Å². The zero-order valence-corrected chi connectivity index (χ0v) is 14.4. The van der Waals surface area contributed by atoms with Crippen LogP contribution < -0.4 is 5.32 Å². The molecular weight excluding hydrogens is 303 g/mol. The lowest BCUT2D eigenvalue weighted by atomic mass is 9.95. The maximum absolute atomic E-state index is 13.8. The summed E-state index contributed by atoms with van der Waals surface area (Å²) in [4.78, 5) is 2.38. The molecule has 1 fully saturated rings. The second-order valence-corrected chi connectivity index (χ2v) is 5.96. The minimum absolute atomic E-state index is 0. The molecule has 3 nitrogen and oxygen atoms in total. The highest BCUT2D eigenvalue weighted by atomic mass is 35.5. The predicted molar refractivity (Wildman–Crippen MR) is 91.4 cm³/mol. The lowest BCUT2D eigenvalue weighted by Crippen LogP contribution is -2.45. The summed E-state index contributed by atoms with van der Waals surface area (Å²) in [5, 5.41) is 13.7. The van der Waals surface area contributed by atoms with Crippen molar-refractivity contribution >= 4 is 12.4 Å². The van der Waals surface area contributed by atoms with Crippen molar-refractivity contribution in [1.82, 2.24) is 10.2 Å². The van der Waals surface area contributed by atoms with Gasteiger partial charge in [-0.15, -0.1) is 12.4 Å². The zero-order valence-electron chi connectivity index (χ0n) is 13.6. The zero-order chi connectivity index (χ0) is 15.2. The van der Waals surface area contributed by atoms with Crippen molar-refractivity contribution in [3.63, 3.8) is 0 Å². The molecule has 1 aliphatic heterocycles. The first kappa shape index (κ1) is 19.2. The van der Waals surface area contributed by atoms with E-state index >= 15 is 0 Å². The first-order valence-corrected chi connectivity index (χ1v) is 8.07.